The minimum atomic E-state index is -0.551. The Morgan fingerprint density at radius 1 is 0.929 bits per heavy atom. The first-order valence-electron chi connectivity index (χ1n) is 14.6. The fourth-order valence-corrected chi connectivity index (χ4v) is 6.33. The molecule has 6 rings (SSSR count). The van der Waals surface area contributed by atoms with Crippen molar-refractivity contribution in [1.29, 1.82) is 0 Å². The SMILES string of the molecule is CC1=C(C(=O)OC2CCCCC2)C(c2ccccc2OCc2ccc(C)cc2)n2nc(SCc3ccccc3)nc2N1. The molecule has 1 unspecified atom stereocenters. The summed E-state index contributed by atoms with van der Waals surface area (Å²) in [6, 6.07) is 25.9. The number of carbonyl (C=O) groups excluding carboxylic acids is 1. The smallest absolute Gasteiger partial charge is 0.338 e. The second-order valence-electron chi connectivity index (χ2n) is 11.0. The molecule has 1 aromatic heterocycles. The van der Waals surface area contributed by atoms with Gasteiger partial charge in [0.05, 0.1) is 5.57 Å². The Morgan fingerprint density at radius 3 is 2.45 bits per heavy atom. The summed E-state index contributed by atoms with van der Waals surface area (Å²) in [4.78, 5) is 18.7. The molecule has 1 fully saturated rings. The zero-order valence-corrected chi connectivity index (χ0v) is 24.9. The Morgan fingerprint density at radius 2 is 1.67 bits per heavy atom. The fraction of sp³-hybridized carbons (Fsp3) is 0.324. The maximum Gasteiger partial charge on any atom is 0.338 e. The van der Waals surface area contributed by atoms with Crippen LogP contribution in [-0.2, 0) is 21.9 Å². The lowest BCUT2D eigenvalue weighted by Crippen LogP contribution is -2.32. The monoisotopic (exact) mass is 580 g/mol. The maximum absolute atomic E-state index is 13.9. The Balaban J connectivity index is 1.34. The van der Waals surface area contributed by atoms with E-state index in [9.17, 15) is 4.79 Å². The number of benzene rings is 3. The van der Waals surface area contributed by atoms with E-state index in [4.69, 9.17) is 19.6 Å². The molecule has 2 aliphatic rings. The molecule has 0 amide bonds. The summed E-state index contributed by atoms with van der Waals surface area (Å²) < 4.78 is 14.3. The quantitative estimate of drug-likeness (QED) is 0.161. The van der Waals surface area contributed by atoms with Crippen LogP contribution in [0.2, 0.25) is 0 Å². The number of fused-ring (bicyclic) bond motifs is 1. The van der Waals surface area contributed by atoms with Crippen LogP contribution in [0.5, 0.6) is 5.75 Å². The van der Waals surface area contributed by atoms with Gasteiger partial charge < -0.3 is 14.8 Å². The van der Waals surface area contributed by atoms with Crippen LogP contribution in [0, 0.1) is 6.92 Å². The van der Waals surface area contributed by atoms with E-state index in [1.807, 2.05) is 54.1 Å². The van der Waals surface area contributed by atoms with Gasteiger partial charge in [-0.25, -0.2) is 9.48 Å². The van der Waals surface area contributed by atoms with E-state index in [0.717, 1.165) is 42.6 Å². The van der Waals surface area contributed by atoms with Crippen molar-refractivity contribution >= 4 is 23.7 Å². The number of ether oxygens (including phenoxy) is 2. The minimum Gasteiger partial charge on any atom is -0.489 e. The Hall–Kier alpha value is -4.04. The third-order valence-corrected chi connectivity index (χ3v) is 8.73. The van der Waals surface area contributed by atoms with Gasteiger partial charge >= 0.3 is 5.97 Å². The van der Waals surface area contributed by atoms with Crippen LogP contribution in [0.1, 0.15) is 67.3 Å². The maximum atomic E-state index is 13.9. The number of thioether (sulfide) groups is 1. The van der Waals surface area contributed by atoms with E-state index in [1.54, 1.807) is 11.8 Å². The average Bonchev–Trinajstić information content (AvgIpc) is 3.42. The molecule has 1 saturated carbocycles. The lowest BCUT2D eigenvalue weighted by molar-refractivity contribution is -0.146. The average molecular weight is 581 g/mol. The number of esters is 1. The number of para-hydroxylation sites is 1. The molecule has 1 atom stereocenters. The summed E-state index contributed by atoms with van der Waals surface area (Å²) in [6.07, 6.45) is 5.11. The summed E-state index contributed by atoms with van der Waals surface area (Å²) in [7, 11) is 0. The minimum absolute atomic E-state index is 0.0608. The van der Waals surface area contributed by atoms with Crippen molar-refractivity contribution in [2.75, 3.05) is 5.32 Å². The van der Waals surface area contributed by atoms with Crippen molar-refractivity contribution < 1.29 is 14.3 Å². The van der Waals surface area contributed by atoms with Gasteiger partial charge in [-0.05, 0) is 56.7 Å². The number of nitrogens with one attached hydrogen (secondary N) is 1. The zero-order valence-electron chi connectivity index (χ0n) is 24.1. The topological polar surface area (TPSA) is 78.3 Å². The van der Waals surface area contributed by atoms with Crippen LogP contribution < -0.4 is 10.1 Å². The molecule has 0 spiro atoms. The number of anilines is 1. The Bertz CT molecular complexity index is 1560. The molecule has 8 heteroatoms. The number of rotatable bonds is 9. The van der Waals surface area contributed by atoms with Gasteiger partial charge in [0.2, 0.25) is 11.1 Å². The second kappa shape index (κ2) is 12.9. The lowest BCUT2D eigenvalue weighted by Gasteiger charge is -2.30. The Labute approximate surface area is 251 Å². The van der Waals surface area contributed by atoms with Gasteiger partial charge in [0.15, 0.2) is 0 Å². The van der Waals surface area contributed by atoms with E-state index in [1.165, 1.54) is 17.5 Å². The number of hydrogen-bond donors (Lipinski definition) is 1. The number of allylic oxidation sites excluding steroid dienone is 1. The first-order valence-corrected chi connectivity index (χ1v) is 15.6. The van der Waals surface area contributed by atoms with Gasteiger partial charge in [-0.1, -0.05) is 96.5 Å². The van der Waals surface area contributed by atoms with Crippen molar-refractivity contribution in [3.05, 3.63) is 112 Å². The van der Waals surface area contributed by atoms with Crippen molar-refractivity contribution in [2.45, 2.75) is 75.6 Å². The molecule has 216 valence electrons. The third kappa shape index (κ3) is 6.39. The zero-order chi connectivity index (χ0) is 28.9. The highest BCUT2D eigenvalue weighted by atomic mass is 32.2. The van der Waals surface area contributed by atoms with E-state index in [2.05, 4.69) is 48.6 Å². The van der Waals surface area contributed by atoms with Gasteiger partial charge in [-0.3, -0.25) is 0 Å². The highest BCUT2D eigenvalue weighted by Gasteiger charge is 2.37. The molecule has 3 aromatic carbocycles. The predicted octanol–water partition coefficient (Wildman–Crippen LogP) is 7.62. The molecule has 4 aromatic rings. The summed E-state index contributed by atoms with van der Waals surface area (Å²) in [5.74, 6) is 1.72. The van der Waals surface area contributed by atoms with Crippen LogP contribution >= 0.6 is 11.8 Å². The first-order chi connectivity index (χ1) is 20.5. The van der Waals surface area contributed by atoms with Crippen molar-refractivity contribution in [2.24, 2.45) is 0 Å². The van der Waals surface area contributed by atoms with E-state index < -0.39 is 6.04 Å². The second-order valence-corrected chi connectivity index (χ2v) is 11.9. The number of aromatic nitrogens is 3. The number of carbonyl (C=O) groups is 1. The van der Waals surface area contributed by atoms with Gasteiger partial charge in [0, 0.05) is 17.0 Å². The van der Waals surface area contributed by atoms with Crippen LogP contribution in [-0.4, -0.2) is 26.8 Å². The lowest BCUT2D eigenvalue weighted by atomic mass is 9.94. The summed E-state index contributed by atoms with van der Waals surface area (Å²) in [6.45, 7) is 4.39. The largest absolute Gasteiger partial charge is 0.489 e. The molecule has 0 saturated heterocycles. The van der Waals surface area contributed by atoms with Crippen LogP contribution in [0.4, 0.5) is 5.95 Å². The standard InChI is InChI=1S/C34H36N4O3S/c1-23-17-19-25(20-18-23)21-40-29-16-10-9-15-28(29)31-30(32(39)41-27-13-7-4-8-14-27)24(2)35-33-36-34(37-38(31)33)42-22-26-11-5-3-6-12-26/h3,5-6,9-12,15-20,27,31H,4,7-8,13-14,21-22H2,1-2H3,(H,35,36,37). The van der Waals surface area contributed by atoms with Crippen molar-refractivity contribution in [1.82, 2.24) is 14.8 Å². The summed E-state index contributed by atoms with van der Waals surface area (Å²) >= 11 is 1.57. The molecule has 0 radical (unpaired) electrons. The highest BCUT2D eigenvalue weighted by Crippen LogP contribution is 2.41. The van der Waals surface area contributed by atoms with Crippen LogP contribution in [0.15, 0.2) is 95.3 Å². The molecule has 2 heterocycles. The van der Waals surface area contributed by atoms with Gasteiger partial charge in [-0.2, -0.15) is 4.98 Å². The molecule has 42 heavy (non-hydrogen) atoms. The molecular weight excluding hydrogens is 544 g/mol. The summed E-state index contributed by atoms with van der Waals surface area (Å²) in [5, 5.41) is 8.90. The fourth-order valence-electron chi connectivity index (χ4n) is 5.55. The molecule has 0 bridgehead atoms. The van der Waals surface area contributed by atoms with E-state index in [-0.39, 0.29) is 12.1 Å². The van der Waals surface area contributed by atoms with Gasteiger partial charge in [0.25, 0.3) is 0 Å². The van der Waals surface area contributed by atoms with E-state index in [0.29, 0.717) is 34.7 Å². The normalized spacial score (nSPS) is 17.0. The molecule has 1 N–H and O–H groups in total. The van der Waals surface area contributed by atoms with Crippen molar-refractivity contribution in [3.8, 4) is 5.75 Å². The van der Waals surface area contributed by atoms with Crippen molar-refractivity contribution in [3.63, 3.8) is 0 Å². The molecule has 7 nitrogen and oxygen atoms in total. The predicted molar refractivity (Wildman–Crippen MR) is 165 cm³/mol. The van der Waals surface area contributed by atoms with Crippen LogP contribution in [0.3, 0.4) is 0 Å². The van der Waals surface area contributed by atoms with E-state index >= 15 is 0 Å². The number of hydrogen-bond acceptors (Lipinski definition) is 7. The number of aryl methyl sites for hydroxylation is 1. The molecular formula is C34H36N4O3S. The number of nitrogens with zero attached hydrogens (tertiary/aromatic N) is 3. The molecule has 1 aliphatic carbocycles. The van der Waals surface area contributed by atoms with Gasteiger partial charge in [0.1, 0.15) is 24.5 Å². The highest BCUT2D eigenvalue weighted by molar-refractivity contribution is 7.98. The first kappa shape index (κ1) is 28.1. The summed E-state index contributed by atoms with van der Waals surface area (Å²) in [5.41, 5.74) is 5.56. The Kier molecular flexibility index (Phi) is 8.60. The van der Waals surface area contributed by atoms with Gasteiger partial charge in [-0.15, -0.1) is 5.10 Å². The molecule has 1 aliphatic heterocycles. The van der Waals surface area contributed by atoms with Crippen LogP contribution in [0.25, 0.3) is 0 Å². The third-order valence-electron chi connectivity index (χ3n) is 7.82.